The first-order chi connectivity index (χ1) is 12.5. The molecule has 0 fully saturated rings. The molecule has 1 amide bonds. The van der Waals surface area contributed by atoms with Gasteiger partial charge >= 0.3 is 0 Å². The van der Waals surface area contributed by atoms with Crippen LogP contribution in [0.25, 0.3) is 0 Å². The standard InChI is InChI=1S/C21H28N2O3S/c1-14-10-11-19(17(4)12-14)18(5)22-20(24)13-23(27(6,25)26)21-15(2)8-7-9-16(21)3/h7-12,18H,13H2,1-6H3,(H,22,24)/t18-/m0/s1. The number of nitrogens with zero attached hydrogens (tertiary/aromatic N) is 1. The maximum absolute atomic E-state index is 12.6. The summed E-state index contributed by atoms with van der Waals surface area (Å²) >= 11 is 0. The molecule has 0 aliphatic carbocycles. The Morgan fingerprint density at radius 3 is 2.15 bits per heavy atom. The second-order valence-electron chi connectivity index (χ2n) is 7.16. The Hall–Kier alpha value is -2.34. The van der Waals surface area contributed by atoms with Crippen LogP contribution >= 0.6 is 0 Å². The number of amides is 1. The number of sulfonamides is 1. The molecule has 1 N–H and O–H groups in total. The number of anilines is 1. The second kappa shape index (κ2) is 8.13. The molecule has 0 radical (unpaired) electrons. The van der Waals surface area contributed by atoms with E-state index in [1.807, 2.05) is 65.0 Å². The Bertz CT molecular complexity index is 932. The Morgan fingerprint density at radius 2 is 1.63 bits per heavy atom. The number of benzene rings is 2. The average Bonchev–Trinajstić information content (AvgIpc) is 2.52. The molecule has 0 aliphatic heterocycles. The number of para-hydroxylation sites is 1. The monoisotopic (exact) mass is 388 g/mol. The third-order valence-electron chi connectivity index (χ3n) is 4.65. The lowest BCUT2D eigenvalue weighted by molar-refractivity contribution is -0.120. The van der Waals surface area contributed by atoms with Crippen LogP contribution < -0.4 is 9.62 Å². The number of aryl methyl sites for hydroxylation is 4. The summed E-state index contributed by atoms with van der Waals surface area (Å²) in [5.74, 6) is -0.337. The van der Waals surface area contributed by atoms with Gasteiger partial charge in [-0.05, 0) is 56.9 Å². The van der Waals surface area contributed by atoms with E-state index in [1.54, 1.807) is 0 Å². The zero-order valence-corrected chi connectivity index (χ0v) is 17.6. The highest BCUT2D eigenvalue weighted by atomic mass is 32.2. The zero-order valence-electron chi connectivity index (χ0n) is 16.8. The van der Waals surface area contributed by atoms with Crippen LogP contribution in [-0.2, 0) is 14.8 Å². The molecule has 1 atom stereocenters. The molecule has 2 rings (SSSR count). The Morgan fingerprint density at radius 1 is 1.04 bits per heavy atom. The molecule has 0 saturated heterocycles. The van der Waals surface area contributed by atoms with E-state index in [0.717, 1.165) is 34.1 Å². The van der Waals surface area contributed by atoms with Crippen LogP contribution in [-0.4, -0.2) is 27.1 Å². The van der Waals surface area contributed by atoms with E-state index in [-0.39, 0.29) is 18.5 Å². The van der Waals surface area contributed by atoms with Crippen LogP contribution in [0, 0.1) is 27.7 Å². The van der Waals surface area contributed by atoms with Crippen molar-refractivity contribution in [1.29, 1.82) is 0 Å². The van der Waals surface area contributed by atoms with Crippen LogP contribution in [0.1, 0.15) is 40.8 Å². The van der Waals surface area contributed by atoms with Gasteiger partial charge < -0.3 is 5.32 Å². The van der Waals surface area contributed by atoms with E-state index in [4.69, 9.17) is 0 Å². The Balaban J connectivity index is 2.24. The predicted octanol–water partition coefficient (Wildman–Crippen LogP) is 3.56. The maximum Gasteiger partial charge on any atom is 0.241 e. The number of rotatable bonds is 6. The SMILES string of the molecule is Cc1ccc([C@H](C)NC(=O)CN(c2c(C)cccc2C)S(C)(=O)=O)c(C)c1. The number of nitrogens with one attached hydrogen (secondary N) is 1. The largest absolute Gasteiger partial charge is 0.348 e. The minimum Gasteiger partial charge on any atom is -0.348 e. The summed E-state index contributed by atoms with van der Waals surface area (Å²) in [7, 11) is -3.60. The summed E-state index contributed by atoms with van der Waals surface area (Å²) < 4.78 is 25.9. The first kappa shape index (κ1) is 21.0. The van der Waals surface area contributed by atoms with Gasteiger partial charge in [0.05, 0.1) is 18.0 Å². The molecule has 5 nitrogen and oxygen atoms in total. The number of carbonyl (C=O) groups is 1. The fourth-order valence-corrected chi connectivity index (χ4v) is 4.34. The minimum atomic E-state index is -3.60. The molecule has 0 aliphatic rings. The topological polar surface area (TPSA) is 66.5 Å². The molecule has 0 heterocycles. The summed E-state index contributed by atoms with van der Waals surface area (Å²) in [5, 5.41) is 2.92. The van der Waals surface area contributed by atoms with Crippen LogP contribution in [0.5, 0.6) is 0 Å². The van der Waals surface area contributed by atoms with Gasteiger partial charge in [0.15, 0.2) is 0 Å². The molecular formula is C21H28N2O3S. The predicted molar refractivity (Wildman–Crippen MR) is 111 cm³/mol. The maximum atomic E-state index is 12.6. The smallest absolute Gasteiger partial charge is 0.241 e. The van der Waals surface area contributed by atoms with Crippen molar-refractivity contribution in [3.8, 4) is 0 Å². The highest BCUT2D eigenvalue weighted by molar-refractivity contribution is 7.92. The van der Waals surface area contributed by atoms with Gasteiger partial charge in [0.2, 0.25) is 15.9 Å². The van der Waals surface area contributed by atoms with Gasteiger partial charge in [-0.25, -0.2) is 8.42 Å². The van der Waals surface area contributed by atoms with Crippen LogP contribution in [0.2, 0.25) is 0 Å². The van der Waals surface area contributed by atoms with Crippen molar-refractivity contribution in [3.63, 3.8) is 0 Å². The van der Waals surface area contributed by atoms with E-state index in [0.29, 0.717) is 5.69 Å². The summed E-state index contributed by atoms with van der Waals surface area (Å²) in [4.78, 5) is 12.6. The lowest BCUT2D eigenvalue weighted by Crippen LogP contribution is -2.41. The third-order valence-corrected chi connectivity index (χ3v) is 5.76. The van der Waals surface area contributed by atoms with Gasteiger partial charge in [-0.3, -0.25) is 9.10 Å². The van der Waals surface area contributed by atoms with Gasteiger partial charge in [-0.15, -0.1) is 0 Å². The molecule has 2 aromatic rings. The van der Waals surface area contributed by atoms with Crippen molar-refractivity contribution in [2.24, 2.45) is 0 Å². The normalized spacial score (nSPS) is 12.5. The van der Waals surface area contributed by atoms with E-state index in [9.17, 15) is 13.2 Å². The van der Waals surface area contributed by atoms with Gasteiger partial charge in [0.25, 0.3) is 0 Å². The first-order valence-electron chi connectivity index (χ1n) is 8.91. The molecule has 0 bridgehead atoms. The van der Waals surface area contributed by atoms with Crippen molar-refractivity contribution in [3.05, 3.63) is 64.2 Å². The zero-order chi connectivity index (χ0) is 20.4. The van der Waals surface area contributed by atoms with Crippen molar-refractivity contribution in [2.45, 2.75) is 40.7 Å². The van der Waals surface area contributed by atoms with Crippen molar-refractivity contribution in [1.82, 2.24) is 5.32 Å². The van der Waals surface area contributed by atoms with E-state index in [1.165, 1.54) is 4.31 Å². The van der Waals surface area contributed by atoms with Crippen molar-refractivity contribution in [2.75, 3.05) is 17.1 Å². The summed E-state index contributed by atoms with van der Waals surface area (Å²) in [5.41, 5.74) is 5.47. The molecule has 6 heteroatoms. The van der Waals surface area contributed by atoms with Crippen molar-refractivity contribution >= 4 is 21.6 Å². The highest BCUT2D eigenvalue weighted by Gasteiger charge is 2.24. The fraction of sp³-hybridized carbons (Fsp3) is 0.381. The lowest BCUT2D eigenvalue weighted by atomic mass is 10.0. The van der Waals surface area contributed by atoms with E-state index >= 15 is 0 Å². The Kier molecular flexibility index (Phi) is 6.31. The van der Waals surface area contributed by atoms with Crippen LogP contribution in [0.4, 0.5) is 5.69 Å². The van der Waals surface area contributed by atoms with Crippen LogP contribution in [0.3, 0.4) is 0 Å². The average molecular weight is 389 g/mol. The summed E-state index contributed by atoms with van der Waals surface area (Å²) in [6.07, 6.45) is 1.12. The fourth-order valence-electron chi connectivity index (χ4n) is 3.37. The summed E-state index contributed by atoms with van der Waals surface area (Å²) in [6, 6.07) is 11.4. The lowest BCUT2D eigenvalue weighted by Gasteiger charge is -2.26. The number of hydrogen-bond acceptors (Lipinski definition) is 3. The quantitative estimate of drug-likeness (QED) is 0.823. The molecule has 27 heavy (non-hydrogen) atoms. The minimum absolute atomic E-state index is 0.211. The van der Waals surface area contributed by atoms with E-state index < -0.39 is 10.0 Å². The second-order valence-corrected chi connectivity index (χ2v) is 9.07. The van der Waals surface area contributed by atoms with Crippen LogP contribution in [0.15, 0.2) is 36.4 Å². The molecule has 0 unspecified atom stereocenters. The molecule has 2 aromatic carbocycles. The van der Waals surface area contributed by atoms with Crippen molar-refractivity contribution < 1.29 is 13.2 Å². The van der Waals surface area contributed by atoms with E-state index in [2.05, 4.69) is 11.4 Å². The third kappa shape index (κ3) is 5.10. The molecular weight excluding hydrogens is 360 g/mol. The molecule has 0 aromatic heterocycles. The number of hydrogen-bond donors (Lipinski definition) is 1. The molecule has 0 saturated carbocycles. The van der Waals surface area contributed by atoms with Gasteiger partial charge in [-0.1, -0.05) is 42.0 Å². The Labute approximate surface area is 162 Å². The molecule has 0 spiro atoms. The molecule has 146 valence electrons. The van der Waals surface area contributed by atoms with Gasteiger partial charge in [0, 0.05) is 0 Å². The first-order valence-corrected chi connectivity index (χ1v) is 10.8. The van der Waals surface area contributed by atoms with Gasteiger partial charge in [0.1, 0.15) is 6.54 Å². The van der Waals surface area contributed by atoms with Gasteiger partial charge in [-0.2, -0.15) is 0 Å². The number of carbonyl (C=O) groups excluding carboxylic acids is 1. The highest BCUT2D eigenvalue weighted by Crippen LogP contribution is 2.26. The summed E-state index contributed by atoms with van der Waals surface area (Å²) in [6.45, 7) is 9.37.